The minimum Gasteiger partial charge on any atom is -0.406 e. The third-order valence-corrected chi connectivity index (χ3v) is 4.58. The Morgan fingerprint density at radius 2 is 1.77 bits per heavy atom. The molecule has 0 atom stereocenters. The number of carbonyl (C=O) groups is 2. The van der Waals surface area contributed by atoms with Crippen LogP contribution in [0.15, 0.2) is 67.1 Å². The van der Waals surface area contributed by atoms with Gasteiger partial charge in [-0.05, 0) is 48.0 Å². The molecular weight excluding hydrogens is 413 g/mol. The fourth-order valence-electron chi connectivity index (χ4n) is 3.24. The van der Waals surface area contributed by atoms with Crippen LogP contribution in [0.3, 0.4) is 0 Å². The van der Waals surface area contributed by atoms with Crippen LogP contribution in [0.25, 0.3) is 11.3 Å². The molecule has 1 aliphatic heterocycles. The third kappa shape index (κ3) is 4.47. The lowest BCUT2D eigenvalue weighted by molar-refractivity contribution is -0.274. The van der Waals surface area contributed by atoms with Crippen LogP contribution in [0.5, 0.6) is 5.75 Å². The van der Waals surface area contributed by atoms with Gasteiger partial charge in [0.15, 0.2) is 0 Å². The molecule has 0 radical (unpaired) electrons. The maximum Gasteiger partial charge on any atom is 0.573 e. The number of rotatable bonds is 5. The molecule has 0 unspecified atom stereocenters. The monoisotopic (exact) mass is 428 g/mol. The van der Waals surface area contributed by atoms with Crippen molar-refractivity contribution < 1.29 is 27.5 Å². The standard InChI is InChI=1S/C21H15F3N4O3/c22-21(23,24)31-16-6-4-15(5-7-16)28-19(29)13-27(20(28)30)12-14-8-10-25-11-17(14)18-3-1-2-9-26-18/h1-11H,12-13H2. The molecule has 158 valence electrons. The normalized spacial score (nSPS) is 14.3. The second kappa shape index (κ2) is 8.05. The summed E-state index contributed by atoms with van der Waals surface area (Å²) >= 11 is 0. The van der Waals surface area contributed by atoms with Crippen molar-refractivity contribution in [3.63, 3.8) is 0 Å². The molecule has 0 aliphatic carbocycles. The summed E-state index contributed by atoms with van der Waals surface area (Å²) in [6.45, 7) is -0.0195. The minimum absolute atomic E-state index is 0.144. The van der Waals surface area contributed by atoms with Gasteiger partial charge >= 0.3 is 12.4 Å². The lowest BCUT2D eigenvalue weighted by Crippen LogP contribution is -2.32. The van der Waals surface area contributed by atoms with Crippen LogP contribution in [0.4, 0.5) is 23.7 Å². The molecule has 0 saturated carbocycles. The van der Waals surface area contributed by atoms with E-state index in [0.717, 1.165) is 28.2 Å². The molecule has 0 bridgehead atoms. The largest absolute Gasteiger partial charge is 0.573 e. The Hall–Kier alpha value is -3.95. The molecule has 1 fully saturated rings. The molecule has 3 amide bonds. The Morgan fingerprint density at radius 1 is 1.00 bits per heavy atom. The number of alkyl halides is 3. The molecule has 0 N–H and O–H groups in total. The zero-order valence-corrected chi connectivity index (χ0v) is 15.9. The van der Waals surface area contributed by atoms with Crippen molar-refractivity contribution in [2.45, 2.75) is 12.9 Å². The van der Waals surface area contributed by atoms with Gasteiger partial charge in [-0.15, -0.1) is 13.2 Å². The Bertz CT molecular complexity index is 1100. The summed E-state index contributed by atoms with van der Waals surface area (Å²) in [4.78, 5) is 36.0. The smallest absolute Gasteiger partial charge is 0.406 e. The van der Waals surface area contributed by atoms with Crippen molar-refractivity contribution in [3.05, 3.63) is 72.7 Å². The fourth-order valence-corrected chi connectivity index (χ4v) is 3.24. The van der Waals surface area contributed by atoms with E-state index in [1.807, 2.05) is 12.1 Å². The summed E-state index contributed by atoms with van der Waals surface area (Å²) in [5.74, 6) is -0.924. The number of nitrogens with zero attached hydrogens (tertiary/aromatic N) is 4. The number of carbonyl (C=O) groups excluding carboxylic acids is 2. The van der Waals surface area contributed by atoms with Crippen molar-refractivity contribution in [1.82, 2.24) is 14.9 Å². The number of pyridine rings is 2. The maximum atomic E-state index is 12.9. The molecule has 1 aliphatic rings. The average Bonchev–Trinajstić information content (AvgIpc) is 3.02. The van der Waals surface area contributed by atoms with Gasteiger partial charge in [0.1, 0.15) is 12.3 Å². The molecule has 7 nitrogen and oxygen atoms in total. The van der Waals surface area contributed by atoms with E-state index in [-0.39, 0.29) is 18.8 Å². The molecule has 3 aromatic rings. The highest BCUT2D eigenvalue weighted by Gasteiger charge is 2.37. The summed E-state index contributed by atoms with van der Waals surface area (Å²) in [7, 11) is 0. The maximum absolute atomic E-state index is 12.9. The Labute approximate surface area is 174 Å². The predicted molar refractivity (Wildman–Crippen MR) is 104 cm³/mol. The van der Waals surface area contributed by atoms with Crippen LogP contribution >= 0.6 is 0 Å². The zero-order chi connectivity index (χ0) is 22.0. The zero-order valence-electron chi connectivity index (χ0n) is 15.9. The second-order valence-electron chi connectivity index (χ2n) is 6.66. The first-order chi connectivity index (χ1) is 14.8. The van der Waals surface area contributed by atoms with Crippen LogP contribution in [0.1, 0.15) is 5.56 Å². The van der Waals surface area contributed by atoms with E-state index < -0.39 is 24.1 Å². The molecule has 3 heterocycles. The summed E-state index contributed by atoms with van der Waals surface area (Å²) < 4.78 is 40.8. The number of anilines is 1. The van der Waals surface area contributed by atoms with Crippen molar-refractivity contribution in [3.8, 4) is 17.0 Å². The molecule has 1 saturated heterocycles. The number of imide groups is 1. The molecular formula is C21H15F3N4O3. The summed E-state index contributed by atoms with van der Waals surface area (Å²) in [5, 5.41) is 0. The van der Waals surface area contributed by atoms with E-state index in [9.17, 15) is 22.8 Å². The van der Waals surface area contributed by atoms with Gasteiger partial charge in [-0.2, -0.15) is 0 Å². The quantitative estimate of drug-likeness (QED) is 0.574. The van der Waals surface area contributed by atoms with Crippen LogP contribution in [0.2, 0.25) is 0 Å². The van der Waals surface area contributed by atoms with Gasteiger partial charge in [-0.1, -0.05) is 6.07 Å². The van der Waals surface area contributed by atoms with Crippen LogP contribution in [-0.2, 0) is 11.3 Å². The van der Waals surface area contributed by atoms with Crippen molar-refractivity contribution in [2.24, 2.45) is 0 Å². The van der Waals surface area contributed by atoms with Gasteiger partial charge in [0.2, 0.25) is 0 Å². The van der Waals surface area contributed by atoms with Gasteiger partial charge < -0.3 is 9.64 Å². The van der Waals surface area contributed by atoms with Gasteiger partial charge in [-0.3, -0.25) is 14.8 Å². The number of urea groups is 1. The number of ether oxygens (including phenoxy) is 1. The van der Waals surface area contributed by atoms with Gasteiger partial charge in [-0.25, -0.2) is 9.69 Å². The van der Waals surface area contributed by atoms with E-state index in [2.05, 4.69) is 14.7 Å². The first-order valence-electron chi connectivity index (χ1n) is 9.14. The number of hydrogen-bond acceptors (Lipinski definition) is 5. The Kier molecular flexibility index (Phi) is 5.28. The molecule has 2 aromatic heterocycles. The minimum atomic E-state index is -4.83. The summed E-state index contributed by atoms with van der Waals surface area (Å²) in [6.07, 6.45) is 0.0382. The van der Waals surface area contributed by atoms with Crippen molar-refractivity contribution in [1.29, 1.82) is 0 Å². The predicted octanol–water partition coefficient (Wildman–Crippen LogP) is 4.01. The molecule has 1 aromatic carbocycles. The molecule has 0 spiro atoms. The topological polar surface area (TPSA) is 75.6 Å². The number of hydrogen-bond donors (Lipinski definition) is 0. The number of amides is 3. The summed E-state index contributed by atoms with van der Waals surface area (Å²) in [5.41, 5.74) is 2.33. The number of aromatic nitrogens is 2. The van der Waals surface area contributed by atoms with Crippen molar-refractivity contribution >= 4 is 17.6 Å². The van der Waals surface area contributed by atoms with Crippen molar-refractivity contribution in [2.75, 3.05) is 11.4 Å². The lowest BCUT2D eigenvalue weighted by atomic mass is 10.1. The molecule has 31 heavy (non-hydrogen) atoms. The molecule has 10 heteroatoms. The first kappa shape index (κ1) is 20.3. The average molecular weight is 428 g/mol. The Morgan fingerprint density at radius 3 is 2.45 bits per heavy atom. The van der Waals surface area contributed by atoms with E-state index in [1.165, 1.54) is 17.0 Å². The highest BCUT2D eigenvalue weighted by Crippen LogP contribution is 2.29. The second-order valence-corrected chi connectivity index (χ2v) is 6.66. The van der Waals surface area contributed by atoms with E-state index in [4.69, 9.17) is 0 Å². The fraction of sp³-hybridized carbons (Fsp3) is 0.143. The first-order valence-corrected chi connectivity index (χ1v) is 9.14. The van der Waals surface area contributed by atoms with Crippen LogP contribution in [0, 0.1) is 0 Å². The highest BCUT2D eigenvalue weighted by atomic mass is 19.4. The highest BCUT2D eigenvalue weighted by molar-refractivity contribution is 6.19. The van der Waals surface area contributed by atoms with Crippen LogP contribution < -0.4 is 9.64 Å². The Balaban J connectivity index is 1.54. The lowest BCUT2D eigenvalue weighted by Gasteiger charge is -2.19. The summed E-state index contributed by atoms with van der Waals surface area (Å²) in [6, 6.07) is 11.2. The van der Waals surface area contributed by atoms with Gasteiger partial charge in [0, 0.05) is 30.7 Å². The van der Waals surface area contributed by atoms with E-state index >= 15 is 0 Å². The van der Waals surface area contributed by atoms with Gasteiger partial charge in [0.25, 0.3) is 5.91 Å². The van der Waals surface area contributed by atoms with E-state index in [0.29, 0.717) is 5.69 Å². The third-order valence-electron chi connectivity index (χ3n) is 4.58. The van der Waals surface area contributed by atoms with E-state index in [1.54, 1.807) is 30.7 Å². The number of benzene rings is 1. The SMILES string of the molecule is O=C1CN(Cc2ccncc2-c2ccccn2)C(=O)N1c1ccc(OC(F)(F)F)cc1. The van der Waals surface area contributed by atoms with Crippen LogP contribution in [-0.4, -0.2) is 39.7 Å². The number of halogens is 3. The van der Waals surface area contributed by atoms with Gasteiger partial charge in [0.05, 0.1) is 11.4 Å². The molecule has 4 rings (SSSR count).